The normalized spacial score (nSPS) is 20.3. The van der Waals surface area contributed by atoms with E-state index in [1.54, 1.807) is 0 Å². The van der Waals surface area contributed by atoms with E-state index in [0.717, 1.165) is 42.3 Å². The van der Waals surface area contributed by atoms with Gasteiger partial charge in [-0.3, -0.25) is 4.79 Å². The fourth-order valence-corrected chi connectivity index (χ4v) is 3.86. The van der Waals surface area contributed by atoms with Gasteiger partial charge in [0, 0.05) is 26.2 Å². The van der Waals surface area contributed by atoms with E-state index in [2.05, 4.69) is 33.4 Å². The van der Waals surface area contributed by atoms with Crippen LogP contribution in [0.3, 0.4) is 0 Å². The van der Waals surface area contributed by atoms with Crippen LogP contribution >= 0.6 is 11.8 Å². The number of hydrogen-bond acceptors (Lipinski definition) is 4. The van der Waals surface area contributed by atoms with Crippen molar-refractivity contribution in [2.45, 2.75) is 0 Å². The van der Waals surface area contributed by atoms with Gasteiger partial charge in [0.15, 0.2) is 5.17 Å². The first-order valence-corrected chi connectivity index (χ1v) is 8.59. The van der Waals surface area contributed by atoms with Crippen molar-refractivity contribution in [1.82, 2.24) is 10.2 Å². The van der Waals surface area contributed by atoms with Crippen LogP contribution < -0.4 is 5.32 Å². The zero-order valence-electron chi connectivity index (χ0n) is 12.7. The number of carbonyl (C=O) groups excluding carboxylic acids is 1. The van der Waals surface area contributed by atoms with Crippen molar-refractivity contribution in [1.29, 1.82) is 0 Å². The zero-order chi connectivity index (χ0) is 15.6. The summed E-state index contributed by atoms with van der Waals surface area (Å²) in [5.74, 6) is -0.128. The topological polar surface area (TPSA) is 44.7 Å². The summed E-state index contributed by atoms with van der Waals surface area (Å²) in [7, 11) is 0. The minimum atomic E-state index is -0.128. The summed E-state index contributed by atoms with van der Waals surface area (Å²) in [6.07, 6.45) is 1.97. The first-order chi connectivity index (χ1) is 11.3. The molecule has 116 valence electrons. The van der Waals surface area contributed by atoms with Gasteiger partial charge in [0.05, 0.1) is 4.91 Å². The first-order valence-electron chi connectivity index (χ1n) is 7.77. The molecule has 2 aliphatic rings. The zero-order valence-corrected chi connectivity index (χ0v) is 13.5. The third-order valence-corrected chi connectivity index (χ3v) is 5.15. The molecule has 1 amide bonds. The number of thioether (sulfide) groups is 1. The number of hydrogen-bond donors (Lipinski definition) is 1. The maximum absolute atomic E-state index is 12.2. The van der Waals surface area contributed by atoms with Crippen molar-refractivity contribution in [3.8, 4) is 0 Å². The van der Waals surface area contributed by atoms with Crippen LogP contribution in [0.25, 0.3) is 16.8 Å². The average molecular weight is 323 g/mol. The van der Waals surface area contributed by atoms with Crippen LogP contribution in [-0.2, 0) is 4.79 Å². The molecule has 0 atom stereocenters. The number of carbonyl (C=O) groups is 1. The number of nitrogens with zero attached hydrogens (tertiary/aromatic N) is 2. The fourth-order valence-electron chi connectivity index (χ4n) is 2.91. The SMILES string of the molecule is O=C1N=C(N2CCNCC2)S/C1=C\c1cccc2ccccc12. The highest BCUT2D eigenvalue weighted by molar-refractivity contribution is 8.18. The molecule has 5 heteroatoms. The average Bonchev–Trinajstić information content (AvgIpc) is 2.97. The number of rotatable bonds is 1. The van der Waals surface area contributed by atoms with E-state index in [1.807, 2.05) is 30.3 Å². The van der Waals surface area contributed by atoms with E-state index >= 15 is 0 Å². The van der Waals surface area contributed by atoms with E-state index in [0.29, 0.717) is 4.91 Å². The number of piperazine rings is 1. The monoisotopic (exact) mass is 323 g/mol. The molecule has 0 radical (unpaired) electrons. The largest absolute Gasteiger partial charge is 0.348 e. The molecule has 2 aromatic rings. The van der Waals surface area contributed by atoms with E-state index in [-0.39, 0.29) is 5.91 Å². The third kappa shape index (κ3) is 2.90. The second-order valence-corrected chi connectivity index (χ2v) is 6.62. The molecule has 0 saturated carbocycles. The maximum Gasteiger partial charge on any atom is 0.286 e. The molecule has 0 spiro atoms. The molecule has 0 unspecified atom stereocenters. The Kier molecular flexibility index (Phi) is 3.89. The molecular weight excluding hydrogens is 306 g/mol. The predicted octanol–water partition coefficient (Wildman–Crippen LogP) is 2.72. The van der Waals surface area contributed by atoms with Crippen LogP contribution in [0.5, 0.6) is 0 Å². The Balaban J connectivity index is 1.63. The highest BCUT2D eigenvalue weighted by Crippen LogP contribution is 2.31. The minimum Gasteiger partial charge on any atom is -0.348 e. The molecule has 1 N–H and O–H groups in total. The van der Waals surface area contributed by atoms with Crippen LogP contribution in [0.15, 0.2) is 52.4 Å². The van der Waals surface area contributed by atoms with Crippen molar-refractivity contribution in [2.24, 2.45) is 4.99 Å². The van der Waals surface area contributed by atoms with Gasteiger partial charge in [-0.25, -0.2) is 0 Å². The van der Waals surface area contributed by atoms with E-state index in [1.165, 1.54) is 17.1 Å². The summed E-state index contributed by atoms with van der Waals surface area (Å²) in [6.45, 7) is 3.69. The molecule has 0 aliphatic carbocycles. The Morgan fingerprint density at radius 1 is 1.09 bits per heavy atom. The lowest BCUT2D eigenvalue weighted by atomic mass is 10.0. The summed E-state index contributed by atoms with van der Waals surface area (Å²) in [4.78, 5) is 19.4. The Morgan fingerprint density at radius 2 is 1.87 bits per heavy atom. The molecule has 2 heterocycles. The van der Waals surface area contributed by atoms with Crippen LogP contribution in [0.1, 0.15) is 5.56 Å². The molecule has 2 aromatic carbocycles. The number of fused-ring (bicyclic) bond motifs is 1. The Hall–Kier alpha value is -2.11. The predicted molar refractivity (Wildman–Crippen MR) is 96.4 cm³/mol. The fraction of sp³-hybridized carbons (Fsp3) is 0.222. The van der Waals surface area contributed by atoms with Gasteiger partial charge < -0.3 is 10.2 Å². The molecule has 1 fully saturated rings. The molecule has 2 aliphatic heterocycles. The standard InChI is InChI=1S/C18H17N3OS/c22-17-16(23-18(20-17)21-10-8-19-9-11-21)12-14-6-3-5-13-4-1-2-7-15(13)14/h1-7,12,19H,8-11H2/b16-12-. The summed E-state index contributed by atoms with van der Waals surface area (Å²) < 4.78 is 0. The number of amides is 1. The minimum absolute atomic E-state index is 0.128. The second kappa shape index (κ2) is 6.18. The quantitative estimate of drug-likeness (QED) is 0.820. The molecule has 23 heavy (non-hydrogen) atoms. The molecule has 4 rings (SSSR count). The molecule has 0 bridgehead atoms. The van der Waals surface area contributed by atoms with Gasteiger partial charge in [0.25, 0.3) is 5.91 Å². The van der Waals surface area contributed by atoms with Crippen molar-refractivity contribution >= 4 is 39.7 Å². The van der Waals surface area contributed by atoms with E-state index in [9.17, 15) is 4.79 Å². The summed E-state index contributed by atoms with van der Waals surface area (Å²) >= 11 is 1.49. The lowest BCUT2D eigenvalue weighted by Crippen LogP contribution is -2.45. The lowest BCUT2D eigenvalue weighted by Gasteiger charge is -2.27. The highest BCUT2D eigenvalue weighted by Gasteiger charge is 2.26. The van der Waals surface area contributed by atoms with Crippen LogP contribution in [-0.4, -0.2) is 42.2 Å². The number of nitrogens with one attached hydrogen (secondary N) is 1. The van der Waals surface area contributed by atoms with Crippen molar-refractivity contribution < 1.29 is 4.79 Å². The third-order valence-electron chi connectivity index (χ3n) is 4.11. The van der Waals surface area contributed by atoms with Gasteiger partial charge in [-0.1, -0.05) is 42.5 Å². The Morgan fingerprint density at radius 3 is 2.74 bits per heavy atom. The second-order valence-electron chi connectivity index (χ2n) is 5.62. The van der Waals surface area contributed by atoms with Crippen molar-refractivity contribution in [3.05, 3.63) is 52.9 Å². The molecule has 0 aromatic heterocycles. The van der Waals surface area contributed by atoms with Gasteiger partial charge >= 0.3 is 0 Å². The molecule has 1 saturated heterocycles. The van der Waals surface area contributed by atoms with Crippen LogP contribution in [0.2, 0.25) is 0 Å². The summed E-state index contributed by atoms with van der Waals surface area (Å²) in [5, 5.41) is 6.49. The highest BCUT2D eigenvalue weighted by atomic mass is 32.2. The van der Waals surface area contributed by atoms with E-state index < -0.39 is 0 Å². The van der Waals surface area contributed by atoms with Gasteiger partial charge in [0.1, 0.15) is 0 Å². The molecule has 4 nitrogen and oxygen atoms in total. The maximum atomic E-state index is 12.2. The van der Waals surface area contributed by atoms with E-state index in [4.69, 9.17) is 0 Å². The first kappa shape index (κ1) is 14.5. The van der Waals surface area contributed by atoms with Crippen molar-refractivity contribution in [2.75, 3.05) is 26.2 Å². The Bertz CT molecular complexity index is 817. The van der Waals surface area contributed by atoms with Crippen LogP contribution in [0, 0.1) is 0 Å². The van der Waals surface area contributed by atoms with Gasteiger partial charge in [-0.2, -0.15) is 4.99 Å². The van der Waals surface area contributed by atoms with Gasteiger partial charge in [-0.05, 0) is 34.2 Å². The number of benzene rings is 2. The van der Waals surface area contributed by atoms with Gasteiger partial charge in [-0.15, -0.1) is 0 Å². The lowest BCUT2D eigenvalue weighted by molar-refractivity contribution is -0.113. The smallest absolute Gasteiger partial charge is 0.286 e. The Labute approximate surface area is 139 Å². The van der Waals surface area contributed by atoms with Crippen LogP contribution in [0.4, 0.5) is 0 Å². The molecular formula is C18H17N3OS. The number of aliphatic imine (C=N–C) groups is 1. The van der Waals surface area contributed by atoms with Gasteiger partial charge in [0.2, 0.25) is 0 Å². The summed E-state index contributed by atoms with van der Waals surface area (Å²) in [5.41, 5.74) is 1.07. The summed E-state index contributed by atoms with van der Waals surface area (Å²) in [6, 6.07) is 14.4. The van der Waals surface area contributed by atoms with Crippen molar-refractivity contribution in [3.63, 3.8) is 0 Å². The number of amidine groups is 1.